The third-order valence-corrected chi connectivity index (χ3v) is 6.40. The Morgan fingerprint density at radius 2 is 1.80 bits per heavy atom. The van der Waals surface area contributed by atoms with Crippen LogP contribution in [0.15, 0.2) is 52.4 Å². The molecule has 0 amide bonds. The summed E-state index contributed by atoms with van der Waals surface area (Å²) in [6.07, 6.45) is 3.68. The van der Waals surface area contributed by atoms with Crippen molar-refractivity contribution in [3.63, 3.8) is 0 Å². The van der Waals surface area contributed by atoms with Crippen LogP contribution < -0.4 is 11.1 Å². The van der Waals surface area contributed by atoms with E-state index in [4.69, 9.17) is 5.73 Å². The molecule has 184 valence electrons. The van der Waals surface area contributed by atoms with Gasteiger partial charge < -0.3 is 15.6 Å². The van der Waals surface area contributed by atoms with E-state index in [2.05, 4.69) is 27.0 Å². The Hall–Kier alpha value is -3.46. The van der Waals surface area contributed by atoms with E-state index in [0.717, 1.165) is 31.7 Å². The molecule has 9 heteroatoms. The van der Waals surface area contributed by atoms with Gasteiger partial charge in [-0.05, 0) is 63.4 Å². The van der Waals surface area contributed by atoms with Crippen LogP contribution in [0.2, 0.25) is 0 Å². The summed E-state index contributed by atoms with van der Waals surface area (Å²) in [5, 5.41) is 3.14. The molecule has 0 aliphatic heterocycles. The van der Waals surface area contributed by atoms with Gasteiger partial charge in [-0.25, -0.2) is 28.1 Å². The van der Waals surface area contributed by atoms with Gasteiger partial charge in [0.1, 0.15) is 17.5 Å². The highest BCUT2D eigenvalue weighted by Crippen LogP contribution is 2.33. The summed E-state index contributed by atoms with van der Waals surface area (Å²) >= 11 is 0. The molecule has 1 heterocycles. The highest BCUT2D eigenvalue weighted by atomic mass is 19.2. The van der Waals surface area contributed by atoms with E-state index in [1.165, 1.54) is 18.2 Å². The number of nitrogens with two attached hydrogens (primary N) is 1. The number of hydrogen-bond acceptors (Lipinski definition) is 3. The number of imidazole rings is 1. The van der Waals surface area contributed by atoms with Crippen LogP contribution in [0.5, 0.6) is 0 Å². The largest absolute Gasteiger partial charge is 0.328 e. The predicted molar refractivity (Wildman–Crippen MR) is 133 cm³/mol. The normalized spacial score (nSPS) is 18.5. The Morgan fingerprint density at radius 3 is 2.51 bits per heavy atom. The van der Waals surface area contributed by atoms with E-state index in [0.29, 0.717) is 35.4 Å². The minimum atomic E-state index is -0.953. The second-order valence-corrected chi connectivity index (χ2v) is 8.88. The van der Waals surface area contributed by atoms with Crippen molar-refractivity contribution >= 4 is 18.5 Å². The average molecular weight is 483 g/mol. The Labute approximate surface area is 202 Å². The van der Waals surface area contributed by atoms with Crippen LogP contribution in [0.3, 0.4) is 0 Å². The minimum absolute atomic E-state index is 0.0626. The maximum absolute atomic E-state index is 14.8. The van der Waals surface area contributed by atoms with Crippen molar-refractivity contribution in [3.05, 3.63) is 71.2 Å². The van der Waals surface area contributed by atoms with Gasteiger partial charge in [0.05, 0.1) is 17.8 Å². The molecule has 3 aromatic rings. The lowest BCUT2D eigenvalue weighted by Gasteiger charge is -2.27. The van der Waals surface area contributed by atoms with Gasteiger partial charge in [0.2, 0.25) is 5.96 Å². The van der Waals surface area contributed by atoms with Gasteiger partial charge in [0.15, 0.2) is 11.6 Å². The molecule has 2 aromatic carbocycles. The molecule has 3 N–H and O–H groups in total. The van der Waals surface area contributed by atoms with Crippen LogP contribution in [-0.2, 0) is 13.1 Å². The molecule has 35 heavy (non-hydrogen) atoms. The number of halogens is 3. The number of nitrogens with one attached hydrogen (secondary N) is 1. The molecule has 0 spiro atoms. The number of anilines is 1. The molecular formula is C26H29F3N6. The summed E-state index contributed by atoms with van der Waals surface area (Å²) in [5.41, 5.74) is 7.13. The fourth-order valence-electron chi connectivity index (χ4n) is 4.44. The Bertz CT molecular complexity index is 1230. The average Bonchev–Trinajstić information content (AvgIpc) is 3.15. The topological polar surface area (TPSA) is 80.6 Å². The molecule has 0 saturated heterocycles. The maximum atomic E-state index is 14.8. The second kappa shape index (κ2) is 10.9. The van der Waals surface area contributed by atoms with E-state index in [1.807, 2.05) is 4.57 Å². The zero-order chi connectivity index (χ0) is 24.9. The van der Waals surface area contributed by atoms with E-state index in [1.54, 1.807) is 25.1 Å². The van der Waals surface area contributed by atoms with Gasteiger partial charge in [-0.2, -0.15) is 0 Å². The number of aliphatic imine (C=N–C) groups is 2. The molecule has 4 rings (SSSR count). The first-order valence-corrected chi connectivity index (χ1v) is 11.7. The molecular weight excluding hydrogens is 453 g/mol. The number of nitrogens with zero attached hydrogens (tertiary/aromatic N) is 4. The molecule has 0 radical (unpaired) electrons. The predicted octanol–water partition coefficient (Wildman–Crippen LogP) is 5.46. The van der Waals surface area contributed by atoms with Gasteiger partial charge >= 0.3 is 0 Å². The summed E-state index contributed by atoms with van der Waals surface area (Å²) in [7, 11) is 0. The lowest BCUT2D eigenvalue weighted by molar-refractivity contribution is 0.296. The summed E-state index contributed by atoms with van der Waals surface area (Å²) in [5.74, 6) is -0.906. The first-order valence-electron chi connectivity index (χ1n) is 11.7. The molecule has 1 aliphatic rings. The first-order chi connectivity index (χ1) is 16.9. The van der Waals surface area contributed by atoms with Crippen molar-refractivity contribution < 1.29 is 13.2 Å². The van der Waals surface area contributed by atoms with Crippen molar-refractivity contribution in [1.29, 1.82) is 0 Å². The zero-order valence-electron chi connectivity index (χ0n) is 19.6. The lowest BCUT2D eigenvalue weighted by Crippen LogP contribution is -2.28. The van der Waals surface area contributed by atoms with E-state index >= 15 is 0 Å². The fraction of sp³-hybridized carbons (Fsp3) is 0.346. The fourth-order valence-corrected chi connectivity index (χ4v) is 4.44. The Kier molecular flexibility index (Phi) is 7.65. The molecule has 1 saturated carbocycles. The van der Waals surface area contributed by atoms with Gasteiger partial charge in [-0.1, -0.05) is 24.3 Å². The molecule has 6 nitrogen and oxygen atoms in total. The monoisotopic (exact) mass is 482 g/mol. The first kappa shape index (κ1) is 24.7. The van der Waals surface area contributed by atoms with E-state index in [-0.39, 0.29) is 29.9 Å². The van der Waals surface area contributed by atoms with Crippen LogP contribution >= 0.6 is 0 Å². The number of hydrogen-bond donors (Lipinski definition) is 2. The summed E-state index contributed by atoms with van der Waals surface area (Å²) in [4.78, 5) is 12.9. The van der Waals surface area contributed by atoms with Crippen molar-refractivity contribution in [2.24, 2.45) is 21.6 Å². The number of rotatable bonds is 6. The summed E-state index contributed by atoms with van der Waals surface area (Å²) < 4.78 is 44.7. The van der Waals surface area contributed by atoms with Crippen molar-refractivity contribution in [2.45, 2.75) is 51.7 Å². The third-order valence-electron chi connectivity index (χ3n) is 6.40. The van der Waals surface area contributed by atoms with Crippen molar-refractivity contribution in [3.8, 4) is 11.4 Å². The number of guanidine groups is 1. The van der Waals surface area contributed by atoms with Crippen molar-refractivity contribution in [1.82, 2.24) is 9.55 Å². The van der Waals surface area contributed by atoms with Crippen molar-refractivity contribution in [2.75, 3.05) is 5.32 Å². The highest BCUT2D eigenvalue weighted by Gasteiger charge is 2.25. The SMILES string of the molecule is C=NC(=NCc1ccccc1F)Nc1c(C)nc(-c2cccc(F)c2F)n1CC1CCC(N)CC1. The number of aryl methyl sites for hydroxylation is 1. The number of benzene rings is 2. The number of aromatic nitrogens is 2. The van der Waals surface area contributed by atoms with Gasteiger partial charge in [-0.15, -0.1) is 0 Å². The smallest absolute Gasteiger partial charge is 0.223 e. The Balaban J connectivity index is 1.70. The van der Waals surface area contributed by atoms with Crippen LogP contribution in [-0.4, -0.2) is 28.3 Å². The highest BCUT2D eigenvalue weighted by molar-refractivity contribution is 5.96. The van der Waals surface area contributed by atoms with E-state index in [9.17, 15) is 13.2 Å². The maximum Gasteiger partial charge on any atom is 0.223 e. The van der Waals surface area contributed by atoms with Gasteiger partial charge in [-0.3, -0.25) is 0 Å². The van der Waals surface area contributed by atoms with Crippen LogP contribution in [0.25, 0.3) is 11.4 Å². The Morgan fingerprint density at radius 1 is 1.09 bits per heavy atom. The zero-order valence-corrected chi connectivity index (χ0v) is 19.6. The van der Waals surface area contributed by atoms with Gasteiger partial charge in [0, 0.05) is 18.2 Å². The van der Waals surface area contributed by atoms with Gasteiger partial charge in [0.25, 0.3) is 0 Å². The summed E-state index contributed by atoms with van der Waals surface area (Å²) in [6, 6.07) is 10.6. The molecule has 1 fully saturated rings. The van der Waals surface area contributed by atoms with Crippen LogP contribution in [0, 0.1) is 30.3 Å². The molecule has 1 aliphatic carbocycles. The second-order valence-electron chi connectivity index (χ2n) is 8.88. The quantitative estimate of drug-likeness (QED) is 0.362. The minimum Gasteiger partial charge on any atom is -0.328 e. The lowest BCUT2D eigenvalue weighted by atomic mass is 9.86. The standard InChI is InChI=1S/C26H29F3N6/c1-16-24(34-26(31-2)32-14-18-6-3-4-8-21(18)27)35(15-17-10-12-19(30)13-11-17)25(33-16)20-7-5-9-22(28)23(20)29/h3-9,17,19H,2,10-15,30H2,1H3,(H,32,34). The third kappa shape index (κ3) is 5.62. The van der Waals surface area contributed by atoms with Crippen LogP contribution in [0.4, 0.5) is 19.0 Å². The van der Waals surface area contributed by atoms with Crippen LogP contribution in [0.1, 0.15) is 36.9 Å². The summed E-state index contributed by atoms with van der Waals surface area (Å²) in [6.45, 7) is 5.95. The molecule has 0 bridgehead atoms. The molecule has 0 unspecified atom stereocenters. The molecule has 1 aromatic heterocycles. The van der Waals surface area contributed by atoms with E-state index < -0.39 is 11.6 Å². The molecule has 0 atom stereocenters.